The van der Waals surface area contributed by atoms with Gasteiger partial charge in [0.1, 0.15) is 11.6 Å². The second-order valence-corrected chi connectivity index (χ2v) is 12.0. The first kappa shape index (κ1) is 44.4. The first-order valence-corrected chi connectivity index (χ1v) is 15.9. The number of oxazole rings is 1. The smallest absolute Gasteiger partial charge is 0.475 e. The van der Waals surface area contributed by atoms with Crippen LogP contribution < -0.4 is 20.3 Å². The summed E-state index contributed by atoms with van der Waals surface area (Å²) in [7, 11) is 0. The van der Waals surface area contributed by atoms with Crippen LogP contribution in [-0.2, 0) is 15.8 Å². The predicted molar refractivity (Wildman–Crippen MR) is 165 cm³/mol. The molecule has 4 N–H and O–H groups in total. The van der Waals surface area contributed by atoms with Gasteiger partial charge in [0.05, 0.1) is 11.8 Å². The molecule has 2 heterocycles. The zero-order chi connectivity index (χ0) is 41.4. The normalized spacial score (nSPS) is 19.3. The van der Waals surface area contributed by atoms with E-state index < -0.39 is 48.2 Å². The maximum Gasteiger partial charge on any atom is 0.573 e. The third kappa shape index (κ3) is 14.3. The number of benzene rings is 2. The molecule has 10 nitrogen and oxygen atoms in total. The fourth-order valence-corrected chi connectivity index (χ4v) is 5.54. The Morgan fingerprint density at radius 2 is 1.36 bits per heavy atom. The molecule has 0 radical (unpaired) electrons. The number of piperidine rings is 1. The number of hydrogen-bond acceptors (Lipinski definition) is 8. The second-order valence-electron chi connectivity index (χ2n) is 12.0. The first-order valence-electron chi connectivity index (χ1n) is 15.9. The summed E-state index contributed by atoms with van der Waals surface area (Å²) in [5, 5.41) is 21.3. The molecule has 0 spiro atoms. The average molecular weight is 815 g/mol. The van der Waals surface area contributed by atoms with Gasteiger partial charge in [0, 0.05) is 42.5 Å². The van der Waals surface area contributed by atoms with E-state index in [1.165, 1.54) is 36.5 Å². The molecule has 2 fully saturated rings. The molecule has 55 heavy (non-hydrogen) atoms. The Labute approximate surface area is 302 Å². The van der Waals surface area contributed by atoms with Crippen molar-refractivity contribution in [2.75, 3.05) is 23.3 Å². The average Bonchev–Trinajstić information content (AvgIpc) is 3.53. The van der Waals surface area contributed by atoms with Crippen molar-refractivity contribution >= 4 is 23.6 Å². The molecule has 1 saturated heterocycles. The van der Waals surface area contributed by atoms with E-state index in [1.807, 2.05) is 4.90 Å². The highest BCUT2D eigenvalue weighted by Crippen LogP contribution is 2.34. The molecule has 3 aromatic rings. The quantitative estimate of drug-likeness (QED) is 0.172. The van der Waals surface area contributed by atoms with E-state index in [9.17, 15) is 57.1 Å². The van der Waals surface area contributed by atoms with E-state index in [0.29, 0.717) is 36.1 Å². The highest BCUT2D eigenvalue weighted by Gasteiger charge is 2.39. The summed E-state index contributed by atoms with van der Waals surface area (Å²) >= 11 is 0. The highest BCUT2D eigenvalue weighted by molar-refractivity contribution is 5.73. The summed E-state index contributed by atoms with van der Waals surface area (Å²) in [6.45, 7) is 1.16. The highest BCUT2D eigenvalue weighted by atomic mass is 19.4. The molecule has 1 aliphatic heterocycles. The number of carboxylic acid groups (broad SMARTS) is 2. The number of aliphatic carboxylic acids is 2. The number of rotatable bonds is 7. The molecule has 1 saturated carbocycles. The van der Waals surface area contributed by atoms with E-state index in [1.54, 1.807) is 0 Å². The number of halogens is 13. The largest absolute Gasteiger partial charge is 0.573 e. The lowest BCUT2D eigenvalue weighted by molar-refractivity contribution is -0.274. The van der Waals surface area contributed by atoms with Gasteiger partial charge in [-0.2, -0.15) is 39.5 Å². The minimum absolute atomic E-state index is 0.00305. The van der Waals surface area contributed by atoms with Gasteiger partial charge in [0.2, 0.25) is 0 Å². The summed E-state index contributed by atoms with van der Waals surface area (Å²) in [5.41, 5.74) is -0.308. The van der Waals surface area contributed by atoms with Gasteiger partial charge in [0.15, 0.2) is 5.76 Å². The molecule has 306 valence electrons. The molecular weight excluding hydrogens is 783 g/mol. The predicted octanol–water partition coefficient (Wildman–Crippen LogP) is 8.65. The van der Waals surface area contributed by atoms with E-state index in [0.717, 1.165) is 50.7 Å². The maximum absolute atomic E-state index is 14.2. The van der Waals surface area contributed by atoms with Gasteiger partial charge < -0.3 is 34.9 Å². The van der Waals surface area contributed by atoms with Crippen LogP contribution in [0.1, 0.15) is 44.1 Å². The number of nitrogens with one attached hydrogen (secondary N) is 2. The fraction of sp³-hybridized carbons (Fsp3) is 0.469. The Morgan fingerprint density at radius 3 is 1.87 bits per heavy atom. The Balaban J connectivity index is 0.000000494. The van der Waals surface area contributed by atoms with Crippen LogP contribution in [0.2, 0.25) is 0 Å². The summed E-state index contributed by atoms with van der Waals surface area (Å²) in [4.78, 5) is 24.0. The van der Waals surface area contributed by atoms with Crippen molar-refractivity contribution < 1.29 is 86.0 Å². The van der Waals surface area contributed by atoms with Crippen LogP contribution in [0.25, 0.3) is 11.3 Å². The van der Waals surface area contributed by atoms with Gasteiger partial charge in [-0.15, -0.1) is 13.2 Å². The lowest BCUT2D eigenvalue weighted by atomic mass is 9.89. The van der Waals surface area contributed by atoms with E-state index in [2.05, 4.69) is 20.4 Å². The van der Waals surface area contributed by atoms with Crippen molar-refractivity contribution in [3.05, 3.63) is 60.0 Å². The van der Waals surface area contributed by atoms with Crippen molar-refractivity contribution in [2.45, 2.75) is 81.5 Å². The molecule has 1 aliphatic carbocycles. The lowest BCUT2D eigenvalue weighted by Crippen LogP contribution is -2.54. The van der Waals surface area contributed by atoms with Crippen molar-refractivity contribution in [3.63, 3.8) is 0 Å². The van der Waals surface area contributed by atoms with Crippen LogP contribution in [0, 0.1) is 5.82 Å². The number of carboxylic acids is 2. The number of aromatic nitrogens is 1. The van der Waals surface area contributed by atoms with E-state index >= 15 is 0 Å². The van der Waals surface area contributed by atoms with Crippen molar-refractivity contribution in [3.8, 4) is 17.1 Å². The second kappa shape index (κ2) is 18.1. The molecule has 0 amide bonds. The van der Waals surface area contributed by atoms with Crippen LogP contribution in [0.3, 0.4) is 0 Å². The van der Waals surface area contributed by atoms with Crippen molar-refractivity contribution in [1.29, 1.82) is 0 Å². The number of carbonyl (C=O) groups is 2. The van der Waals surface area contributed by atoms with Crippen molar-refractivity contribution in [1.82, 2.24) is 10.3 Å². The summed E-state index contributed by atoms with van der Waals surface area (Å²) in [6.07, 6.45) is -12.7. The van der Waals surface area contributed by atoms with Crippen molar-refractivity contribution in [2.24, 2.45) is 0 Å². The van der Waals surface area contributed by atoms with Gasteiger partial charge in [-0.05, 0) is 68.1 Å². The molecule has 5 rings (SSSR count). The third-order valence-electron chi connectivity index (χ3n) is 7.93. The molecule has 3 atom stereocenters. The number of alkyl halides is 12. The Hall–Kier alpha value is -4.96. The fourth-order valence-electron chi connectivity index (χ4n) is 5.54. The minimum Gasteiger partial charge on any atom is -0.475 e. The standard InChI is InChI=1S/C28H29F7N4O2.2C2HF3O2/c29-22-14-19(9-12-21(22)27(30,31)32)39-13-3-4-18(16-39)37-23-5-1-2-6-24(23)38-26-36-15-25(40-26)17-7-10-20(11-8-17)41-28(33,34)35;2*3-2(4,5)1(6)7/h7-12,14-15,18,23-24,37H,1-6,13,16H2,(H,36,38);2*(H,6,7)/t18-,23+,24+;;/m0../s1. The van der Waals surface area contributed by atoms with Gasteiger partial charge in [-0.1, -0.05) is 12.8 Å². The SMILES string of the molecule is Fc1cc(N2CCC[C@H](N[C@@H]3CCCC[C@H]3Nc3ncc(-c4ccc(OC(F)(F)F)cc4)o3)C2)ccc1C(F)(F)F.O=C(O)C(F)(F)F.O=C(O)C(F)(F)F. The van der Waals surface area contributed by atoms with E-state index in [-0.39, 0.29) is 23.9 Å². The maximum atomic E-state index is 14.2. The third-order valence-corrected chi connectivity index (χ3v) is 7.93. The van der Waals surface area contributed by atoms with Crippen LogP contribution in [0.5, 0.6) is 5.75 Å². The molecule has 0 bridgehead atoms. The van der Waals surface area contributed by atoms with Gasteiger partial charge >= 0.3 is 36.8 Å². The molecular formula is C32H31F13N4O6. The van der Waals surface area contributed by atoms with Crippen LogP contribution in [0.4, 0.5) is 68.8 Å². The summed E-state index contributed by atoms with van der Waals surface area (Å²) in [5.74, 6) is -6.74. The van der Waals surface area contributed by atoms with Crippen LogP contribution in [-0.4, -0.2) is 77.1 Å². The number of nitrogens with zero attached hydrogens (tertiary/aromatic N) is 2. The Morgan fingerprint density at radius 1 is 0.800 bits per heavy atom. The van der Waals surface area contributed by atoms with Crippen LogP contribution in [0.15, 0.2) is 53.1 Å². The molecule has 1 aromatic heterocycles. The summed E-state index contributed by atoms with van der Waals surface area (Å²) < 4.78 is 164. The molecule has 0 unspecified atom stereocenters. The van der Waals surface area contributed by atoms with Gasteiger partial charge in [-0.25, -0.2) is 19.0 Å². The first-order chi connectivity index (χ1) is 25.3. The number of hydrogen-bond donors (Lipinski definition) is 4. The topological polar surface area (TPSA) is 137 Å². The lowest BCUT2D eigenvalue weighted by Gasteiger charge is -2.40. The number of ether oxygens (including phenoxy) is 1. The summed E-state index contributed by atoms with van der Waals surface area (Å²) in [6, 6.07) is 8.78. The Bertz CT molecular complexity index is 1690. The van der Waals surface area contributed by atoms with Gasteiger partial charge in [-0.3, -0.25) is 0 Å². The monoisotopic (exact) mass is 814 g/mol. The minimum atomic E-state index is -5.08. The zero-order valence-corrected chi connectivity index (χ0v) is 27.8. The molecule has 2 aliphatic rings. The van der Waals surface area contributed by atoms with E-state index in [4.69, 9.17) is 24.2 Å². The Kier molecular flexibility index (Phi) is 14.6. The van der Waals surface area contributed by atoms with Gasteiger partial charge in [0.25, 0.3) is 6.01 Å². The zero-order valence-electron chi connectivity index (χ0n) is 27.8. The molecule has 23 heteroatoms. The number of anilines is 2. The molecule has 2 aromatic carbocycles. The van der Waals surface area contributed by atoms with Crippen LogP contribution >= 0.6 is 0 Å².